The maximum Gasteiger partial charge on any atom is 0.307 e. The van der Waals surface area contributed by atoms with Crippen LogP contribution in [0.2, 0.25) is 0 Å². The lowest BCUT2D eigenvalue weighted by molar-refractivity contribution is -0.151. The number of carboxylic acids is 1. The third-order valence-corrected chi connectivity index (χ3v) is 5.54. The summed E-state index contributed by atoms with van der Waals surface area (Å²) >= 11 is 0. The summed E-state index contributed by atoms with van der Waals surface area (Å²) in [5.41, 5.74) is 0. The zero-order valence-electron chi connectivity index (χ0n) is 12.7. The van der Waals surface area contributed by atoms with Gasteiger partial charge in [0.05, 0.1) is 11.8 Å². The molecule has 0 aromatic heterocycles. The van der Waals surface area contributed by atoms with Gasteiger partial charge in [0, 0.05) is 19.1 Å². The van der Waals surface area contributed by atoms with Crippen molar-refractivity contribution in [3.63, 3.8) is 0 Å². The number of aliphatic carboxylic acids is 1. The molecule has 4 atom stereocenters. The van der Waals surface area contributed by atoms with E-state index in [4.69, 9.17) is 0 Å². The van der Waals surface area contributed by atoms with Crippen molar-refractivity contribution in [2.75, 3.05) is 27.2 Å². The van der Waals surface area contributed by atoms with Gasteiger partial charge >= 0.3 is 5.97 Å². The SMILES string of the molecule is CN(C)C1CCN(C(=O)[C@H]2C3C=CC(C3)[C@H]2C(=O)O)CC1. The molecule has 0 spiro atoms. The Bertz CT molecular complexity index is 466. The van der Waals surface area contributed by atoms with Gasteiger partial charge in [-0.2, -0.15) is 0 Å². The van der Waals surface area contributed by atoms with E-state index in [1.165, 1.54) is 0 Å². The number of piperidine rings is 1. The van der Waals surface area contributed by atoms with Gasteiger partial charge < -0.3 is 14.9 Å². The minimum absolute atomic E-state index is 0.0563. The Morgan fingerprint density at radius 1 is 1.10 bits per heavy atom. The molecule has 116 valence electrons. The highest BCUT2D eigenvalue weighted by Gasteiger charge is 2.52. The Hall–Kier alpha value is -1.36. The number of carbonyl (C=O) groups is 2. The molecule has 0 radical (unpaired) electrons. The number of rotatable bonds is 3. The molecule has 2 fully saturated rings. The van der Waals surface area contributed by atoms with Crippen molar-refractivity contribution in [2.24, 2.45) is 23.7 Å². The molecule has 2 aliphatic carbocycles. The first-order valence-electron chi connectivity index (χ1n) is 7.85. The number of allylic oxidation sites excluding steroid dienone is 2. The van der Waals surface area contributed by atoms with Crippen molar-refractivity contribution in [3.8, 4) is 0 Å². The van der Waals surface area contributed by atoms with Crippen molar-refractivity contribution < 1.29 is 14.7 Å². The molecule has 1 saturated heterocycles. The maximum absolute atomic E-state index is 12.8. The average molecular weight is 292 g/mol. The van der Waals surface area contributed by atoms with Crippen LogP contribution in [0.15, 0.2) is 12.2 Å². The fraction of sp³-hybridized carbons (Fsp3) is 0.750. The third kappa shape index (κ3) is 2.48. The molecule has 1 aliphatic heterocycles. The Kier molecular flexibility index (Phi) is 3.78. The topological polar surface area (TPSA) is 60.9 Å². The summed E-state index contributed by atoms with van der Waals surface area (Å²) in [6, 6.07) is 0.532. The number of carboxylic acid groups (broad SMARTS) is 1. The molecule has 21 heavy (non-hydrogen) atoms. The standard InChI is InChI=1S/C16H24N2O3/c1-17(2)12-5-7-18(8-6-12)15(19)13-10-3-4-11(9-10)14(13)16(20)21/h3-4,10-14H,5-9H2,1-2H3,(H,20,21)/t10?,11?,13-,14+/m0/s1. The van der Waals surface area contributed by atoms with Gasteiger partial charge in [-0.15, -0.1) is 0 Å². The Morgan fingerprint density at radius 3 is 2.19 bits per heavy atom. The van der Waals surface area contributed by atoms with Crippen molar-refractivity contribution in [3.05, 3.63) is 12.2 Å². The number of hydrogen-bond acceptors (Lipinski definition) is 3. The lowest BCUT2D eigenvalue weighted by Gasteiger charge is -2.38. The molecule has 0 aromatic carbocycles. The van der Waals surface area contributed by atoms with E-state index in [-0.39, 0.29) is 23.7 Å². The predicted molar refractivity (Wildman–Crippen MR) is 78.6 cm³/mol. The Labute approximate surface area is 125 Å². The van der Waals surface area contributed by atoms with Crippen LogP contribution in [-0.4, -0.2) is 60.0 Å². The molecular formula is C16H24N2O3. The van der Waals surface area contributed by atoms with E-state index >= 15 is 0 Å². The summed E-state index contributed by atoms with van der Waals surface area (Å²) < 4.78 is 0. The zero-order chi connectivity index (χ0) is 15.1. The number of nitrogens with zero attached hydrogens (tertiary/aromatic N) is 2. The monoisotopic (exact) mass is 292 g/mol. The molecule has 5 heteroatoms. The van der Waals surface area contributed by atoms with Crippen LogP contribution < -0.4 is 0 Å². The van der Waals surface area contributed by atoms with E-state index in [2.05, 4.69) is 25.1 Å². The fourth-order valence-corrected chi connectivity index (χ4v) is 4.31. The summed E-state index contributed by atoms with van der Waals surface area (Å²) in [6.45, 7) is 1.51. The van der Waals surface area contributed by atoms with Crippen LogP contribution in [-0.2, 0) is 9.59 Å². The van der Waals surface area contributed by atoms with E-state index in [1.807, 2.05) is 11.0 Å². The van der Waals surface area contributed by atoms with Crippen LogP contribution >= 0.6 is 0 Å². The van der Waals surface area contributed by atoms with Crippen LogP contribution in [0.3, 0.4) is 0 Å². The largest absolute Gasteiger partial charge is 0.481 e. The minimum atomic E-state index is -0.812. The van der Waals surface area contributed by atoms with Crippen LogP contribution in [0.1, 0.15) is 19.3 Å². The Morgan fingerprint density at radius 2 is 1.67 bits per heavy atom. The van der Waals surface area contributed by atoms with Gasteiger partial charge in [-0.05, 0) is 45.2 Å². The maximum atomic E-state index is 12.8. The fourth-order valence-electron chi connectivity index (χ4n) is 4.31. The average Bonchev–Trinajstić information content (AvgIpc) is 3.07. The van der Waals surface area contributed by atoms with Crippen molar-refractivity contribution >= 4 is 11.9 Å². The first kappa shape index (κ1) is 14.6. The molecule has 5 nitrogen and oxygen atoms in total. The quantitative estimate of drug-likeness (QED) is 0.790. The van der Waals surface area contributed by atoms with Gasteiger partial charge in [-0.3, -0.25) is 9.59 Å². The zero-order valence-corrected chi connectivity index (χ0v) is 12.7. The van der Waals surface area contributed by atoms with E-state index in [1.54, 1.807) is 0 Å². The second-order valence-corrected chi connectivity index (χ2v) is 6.86. The summed E-state index contributed by atoms with van der Waals surface area (Å²) in [7, 11) is 4.15. The van der Waals surface area contributed by atoms with Gasteiger partial charge in [-0.1, -0.05) is 12.2 Å². The molecule has 1 heterocycles. The van der Waals surface area contributed by atoms with Gasteiger partial charge in [0.15, 0.2) is 0 Å². The highest BCUT2D eigenvalue weighted by atomic mass is 16.4. The number of carbonyl (C=O) groups excluding carboxylic acids is 1. The summed E-state index contributed by atoms with van der Waals surface area (Å²) in [5, 5.41) is 9.46. The lowest BCUT2D eigenvalue weighted by atomic mass is 9.81. The minimum Gasteiger partial charge on any atom is -0.481 e. The molecule has 2 bridgehead atoms. The molecule has 2 unspecified atom stereocenters. The molecule has 1 N–H and O–H groups in total. The number of likely N-dealkylation sites (tertiary alicyclic amines) is 1. The van der Waals surface area contributed by atoms with E-state index in [0.29, 0.717) is 6.04 Å². The number of hydrogen-bond donors (Lipinski definition) is 1. The van der Waals surface area contributed by atoms with Crippen LogP contribution in [0.5, 0.6) is 0 Å². The normalized spacial score (nSPS) is 35.7. The molecule has 1 saturated carbocycles. The van der Waals surface area contributed by atoms with Gasteiger partial charge in [0.25, 0.3) is 0 Å². The molecule has 3 aliphatic rings. The highest BCUT2D eigenvalue weighted by Crippen LogP contribution is 2.48. The summed E-state index contributed by atoms with van der Waals surface area (Å²) in [6.07, 6.45) is 6.84. The first-order chi connectivity index (χ1) is 9.99. The van der Waals surface area contributed by atoms with Crippen LogP contribution in [0, 0.1) is 23.7 Å². The summed E-state index contributed by atoms with van der Waals surface area (Å²) in [4.78, 5) is 28.4. The van der Waals surface area contributed by atoms with Crippen LogP contribution in [0.25, 0.3) is 0 Å². The predicted octanol–water partition coefficient (Wildman–Crippen LogP) is 1.06. The first-order valence-corrected chi connectivity index (χ1v) is 7.85. The molecule has 3 rings (SSSR count). The highest BCUT2D eigenvalue weighted by molar-refractivity contribution is 5.87. The van der Waals surface area contributed by atoms with Gasteiger partial charge in [-0.25, -0.2) is 0 Å². The van der Waals surface area contributed by atoms with E-state index in [0.717, 1.165) is 32.4 Å². The third-order valence-electron chi connectivity index (χ3n) is 5.54. The smallest absolute Gasteiger partial charge is 0.307 e. The second-order valence-electron chi connectivity index (χ2n) is 6.86. The Balaban J connectivity index is 1.68. The van der Waals surface area contributed by atoms with Gasteiger partial charge in [0.1, 0.15) is 0 Å². The van der Waals surface area contributed by atoms with Crippen LogP contribution in [0.4, 0.5) is 0 Å². The lowest BCUT2D eigenvalue weighted by Crippen LogP contribution is -2.49. The van der Waals surface area contributed by atoms with Crippen molar-refractivity contribution in [1.29, 1.82) is 0 Å². The molecule has 1 amide bonds. The van der Waals surface area contributed by atoms with Crippen molar-refractivity contribution in [2.45, 2.75) is 25.3 Å². The number of fused-ring (bicyclic) bond motifs is 2. The van der Waals surface area contributed by atoms with Crippen molar-refractivity contribution in [1.82, 2.24) is 9.80 Å². The van der Waals surface area contributed by atoms with E-state index < -0.39 is 11.9 Å². The molecule has 0 aromatic rings. The summed E-state index contributed by atoms with van der Waals surface area (Å²) in [5.74, 6) is -1.41. The molecular weight excluding hydrogens is 268 g/mol. The second kappa shape index (κ2) is 5.44. The number of amides is 1. The van der Waals surface area contributed by atoms with Gasteiger partial charge in [0.2, 0.25) is 5.91 Å². The van der Waals surface area contributed by atoms with E-state index in [9.17, 15) is 14.7 Å².